The lowest BCUT2D eigenvalue weighted by atomic mass is 9.99. The summed E-state index contributed by atoms with van der Waals surface area (Å²) in [5, 5.41) is 10.1. The number of hydrogen-bond acceptors (Lipinski definition) is 3. The highest BCUT2D eigenvalue weighted by Gasteiger charge is 2.43. The maximum absolute atomic E-state index is 12.9. The van der Waals surface area contributed by atoms with Crippen molar-refractivity contribution in [2.75, 3.05) is 13.2 Å². The molecule has 17 heavy (non-hydrogen) atoms. The second-order valence-corrected chi connectivity index (χ2v) is 4.48. The number of hydrogen-bond donors (Lipinski definition) is 2. The Hall–Kier alpha value is -1.20. The number of ether oxygens (including phenoxy) is 1. The molecule has 94 valence electrons. The van der Waals surface area contributed by atoms with E-state index < -0.39 is 17.2 Å². The molecule has 5 heteroatoms. The summed E-state index contributed by atoms with van der Waals surface area (Å²) in [4.78, 5) is 0. The zero-order valence-corrected chi connectivity index (χ0v) is 9.33. The Balaban J connectivity index is 2.01. The minimum Gasteiger partial charge on any atom is -0.490 e. The molecule has 1 unspecified atom stereocenters. The molecule has 1 aliphatic rings. The molecule has 0 heterocycles. The van der Waals surface area contributed by atoms with E-state index in [1.165, 1.54) is 0 Å². The highest BCUT2D eigenvalue weighted by atomic mass is 19.1. The Morgan fingerprint density at radius 3 is 2.35 bits per heavy atom. The van der Waals surface area contributed by atoms with Crippen molar-refractivity contribution in [3.8, 4) is 5.75 Å². The van der Waals surface area contributed by atoms with Crippen molar-refractivity contribution in [2.24, 2.45) is 11.7 Å². The molecule has 0 amide bonds. The van der Waals surface area contributed by atoms with Crippen LogP contribution in [0.15, 0.2) is 18.2 Å². The number of halogens is 2. The normalized spacial score (nSPS) is 18.8. The molecule has 1 aliphatic carbocycles. The van der Waals surface area contributed by atoms with Gasteiger partial charge in [0, 0.05) is 24.7 Å². The molecule has 3 nitrogen and oxygen atoms in total. The zero-order valence-electron chi connectivity index (χ0n) is 9.33. The van der Waals surface area contributed by atoms with Gasteiger partial charge in [-0.05, 0) is 18.8 Å². The van der Waals surface area contributed by atoms with Gasteiger partial charge in [0.05, 0.1) is 0 Å². The van der Waals surface area contributed by atoms with Gasteiger partial charge in [-0.2, -0.15) is 0 Å². The summed E-state index contributed by atoms with van der Waals surface area (Å²) in [6, 6.07) is 2.92. The van der Waals surface area contributed by atoms with Gasteiger partial charge >= 0.3 is 0 Å². The first-order chi connectivity index (χ1) is 8.03. The third kappa shape index (κ3) is 2.92. The number of rotatable bonds is 5. The maximum Gasteiger partial charge on any atom is 0.129 e. The summed E-state index contributed by atoms with van der Waals surface area (Å²) in [6.07, 6.45) is 1.82. The molecule has 0 bridgehead atoms. The minimum absolute atomic E-state index is 0.0446. The molecule has 0 saturated heterocycles. The van der Waals surface area contributed by atoms with Crippen LogP contribution in [0, 0.1) is 17.6 Å². The van der Waals surface area contributed by atoms with E-state index in [0.29, 0.717) is 0 Å². The van der Waals surface area contributed by atoms with E-state index in [4.69, 9.17) is 10.5 Å². The highest BCUT2D eigenvalue weighted by Crippen LogP contribution is 2.39. The van der Waals surface area contributed by atoms with Crippen molar-refractivity contribution in [2.45, 2.75) is 18.4 Å². The fraction of sp³-hybridized carbons (Fsp3) is 0.500. The number of benzene rings is 1. The Kier molecular flexibility index (Phi) is 3.31. The summed E-state index contributed by atoms with van der Waals surface area (Å²) in [6.45, 7) is 0.0343. The molecular weight excluding hydrogens is 228 g/mol. The van der Waals surface area contributed by atoms with Crippen LogP contribution in [0.1, 0.15) is 12.8 Å². The standard InChI is InChI=1S/C12H15F2NO2/c13-9-3-10(14)5-11(4-9)17-7-12(16,6-15)8-1-2-8/h3-5,8,16H,1-2,6-7,15H2. The van der Waals surface area contributed by atoms with Crippen LogP contribution < -0.4 is 10.5 Å². The van der Waals surface area contributed by atoms with Crippen LogP contribution in [-0.4, -0.2) is 23.9 Å². The molecule has 1 aromatic rings. The third-order valence-electron chi connectivity index (χ3n) is 3.02. The first kappa shape index (κ1) is 12.3. The molecule has 3 N–H and O–H groups in total. The SMILES string of the molecule is NCC(O)(COc1cc(F)cc(F)c1)C1CC1. The van der Waals surface area contributed by atoms with Crippen molar-refractivity contribution in [1.82, 2.24) is 0 Å². The average molecular weight is 243 g/mol. The molecule has 1 saturated carbocycles. The summed E-state index contributed by atoms with van der Waals surface area (Å²) in [7, 11) is 0. The summed E-state index contributed by atoms with van der Waals surface area (Å²) >= 11 is 0. The number of nitrogens with two attached hydrogens (primary N) is 1. The molecular formula is C12H15F2NO2. The lowest BCUT2D eigenvalue weighted by Crippen LogP contribution is -2.45. The zero-order chi connectivity index (χ0) is 12.5. The Bertz CT molecular complexity index is 389. The van der Waals surface area contributed by atoms with Crippen LogP contribution in [0.3, 0.4) is 0 Å². The van der Waals surface area contributed by atoms with Crippen LogP contribution in [0.25, 0.3) is 0 Å². The van der Waals surface area contributed by atoms with Gasteiger partial charge < -0.3 is 15.6 Å². The van der Waals surface area contributed by atoms with Crippen LogP contribution in [0.5, 0.6) is 5.75 Å². The van der Waals surface area contributed by atoms with Crippen molar-refractivity contribution < 1.29 is 18.6 Å². The Labute approximate surface area is 98.2 Å². The van der Waals surface area contributed by atoms with E-state index in [2.05, 4.69) is 0 Å². The Morgan fingerprint density at radius 1 is 1.29 bits per heavy atom. The quantitative estimate of drug-likeness (QED) is 0.822. The molecule has 0 aromatic heterocycles. The fourth-order valence-electron chi connectivity index (χ4n) is 1.78. The van der Waals surface area contributed by atoms with Gasteiger partial charge in [0.15, 0.2) is 0 Å². The van der Waals surface area contributed by atoms with E-state index in [1.807, 2.05) is 0 Å². The predicted octanol–water partition coefficient (Wildman–Crippen LogP) is 1.44. The van der Waals surface area contributed by atoms with E-state index >= 15 is 0 Å². The smallest absolute Gasteiger partial charge is 0.129 e. The molecule has 1 aromatic carbocycles. The third-order valence-corrected chi connectivity index (χ3v) is 3.02. The van der Waals surface area contributed by atoms with Gasteiger partial charge in [0.1, 0.15) is 29.6 Å². The number of aliphatic hydroxyl groups is 1. The van der Waals surface area contributed by atoms with Gasteiger partial charge in [-0.3, -0.25) is 0 Å². The van der Waals surface area contributed by atoms with Gasteiger partial charge in [0.25, 0.3) is 0 Å². The van der Waals surface area contributed by atoms with E-state index in [1.54, 1.807) is 0 Å². The first-order valence-electron chi connectivity index (χ1n) is 5.55. The van der Waals surface area contributed by atoms with E-state index in [9.17, 15) is 13.9 Å². The highest BCUT2D eigenvalue weighted by molar-refractivity contribution is 5.24. The van der Waals surface area contributed by atoms with E-state index in [-0.39, 0.29) is 24.8 Å². The van der Waals surface area contributed by atoms with E-state index in [0.717, 1.165) is 31.0 Å². The fourth-order valence-corrected chi connectivity index (χ4v) is 1.78. The topological polar surface area (TPSA) is 55.5 Å². The maximum atomic E-state index is 12.9. The Morgan fingerprint density at radius 2 is 1.88 bits per heavy atom. The lowest BCUT2D eigenvalue weighted by Gasteiger charge is -2.26. The van der Waals surface area contributed by atoms with Crippen LogP contribution >= 0.6 is 0 Å². The average Bonchev–Trinajstić information content (AvgIpc) is 3.08. The van der Waals surface area contributed by atoms with Gasteiger partial charge in [-0.15, -0.1) is 0 Å². The summed E-state index contributed by atoms with van der Waals surface area (Å²) in [5.74, 6) is -1.22. The summed E-state index contributed by atoms with van der Waals surface area (Å²) in [5.41, 5.74) is 4.40. The van der Waals surface area contributed by atoms with Crippen molar-refractivity contribution in [3.63, 3.8) is 0 Å². The second kappa shape index (κ2) is 4.58. The van der Waals surface area contributed by atoms with Gasteiger partial charge in [0.2, 0.25) is 0 Å². The van der Waals surface area contributed by atoms with Crippen LogP contribution in [0.4, 0.5) is 8.78 Å². The predicted molar refractivity (Wildman–Crippen MR) is 58.6 cm³/mol. The molecule has 0 radical (unpaired) electrons. The van der Waals surface area contributed by atoms with Crippen LogP contribution in [0.2, 0.25) is 0 Å². The second-order valence-electron chi connectivity index (χ2n) is 4.48. The molecule has 1 fully saturated rings. The molecule has 0 spiro atoms. The monoisotopic (exact) mass is 243 g/mol. The van der Waals surface area contributed by atoms with Crippen molar-refractivity contribution >= 4 is 0 Å². The molecule has 2 rings (SSSR count). The molecule has 0 aliphatic heterocycles. The largest absolute Gasteiger partial charge is 0.490 e. The van der Waals surface area contributed by atoms with Gasteiger partial charge in [-0.25, -0.2) is 8.78 Å². The van der Waals surface area contributed by atoms with Gasteiger partial charge in [-0.1, -0.05) is 0 Å². The summed E-state index contributed by atoms with van der Waals surface area (Å²) < 4.78 is 31.0. The van der Waals surface area contributed by atoms with Crippen molar-refractivity contribution in [3.05, 3.63) is 29.8 Å². The minimum atomic E-state index is -1.09. The lowest BCUT2D eigenvalue weighted by molar-refractivity contribution is -0.0163. The molecule has 1 atom stereocenters. The van der Waals surface area contributed by atoms with Crippen molar-refractivity contribution in [1.29, 1.82) is 0 Å². The first-order valence-corrected chi connectivity index (χ1v) is 5.55. The van der Waals surface area contributed by atoms with Crippen LogP contribution in [-0.2, 0) is 0 Å².